The lowest BCUT2D eigenvalue weighted by Crippen LogP contribution is -2.62. The lowest BCUT2D eigenvalue weighted by atomic mass is 9.98. The molecule has 1 aliphatic rings. The van der Waals surface area contributed by atoms with Gasteiger partial charge in [-0.25, -0.2) is 4.79 Å². The molecule has 0 saturated carbocycles. The molecule has 2 N–H and O–H groups in total. The highest BCUT2D eigenvalue weighted by molar-refractivity contribution is 5.68. The summed E-state index contributed by atoms with van der Waals surface area (Å²) in [6, 6.07) is 0. The van der Waals surface area contributed by atoms with Crippen LogP contribution in [-0.2, 0) is 42.8 Å². The molecule has 0 aromatic carbocycles. The molecule has 0 aliphatic carbocycles. The summed E-state index contributed by atoms with van der Waals surface area (Å²) in [6.07, 6.45) is -5.74. The first kappa shape index (κ1) is 30.9. The minimum absolute atomic E-state index is 0.0124. The molecule has 204 valence electrons. The van der Waals surface area contributed by atoms with Crippen LogP contribution in [0.3, 0.4) is 0 Å². The molecule has 1 aliphatic heterocycles. The number of hydrogen-bond acceptors (Lipinski definition) is 12. The number of amides is 1. The number of aliphatic hydroxyl groups is 1. The second-order valence-electron chi connectivity index (χ2n) is 7.81. The molecule has 1 amide bonds. The third-order valence-electron chi connectivity index (χ3n) is 4.78. The Morgan fingerprint density at radius 1 is 1.03 bits per heavy atom. The maximum atomic E-state index is 11.9. The second-order valence-corrected chi connectivity index (χ2v) is 7.81. The molecule has 15 heteroatoms. The maximum absolute atomic E-state index is 11.9. The van der Waals surface area contributed by atoms with Gasteiger partial charge in [0.2, 0.25) is 0 Å². The Bertz CT molecular complexity index is 790. The third-order valence-corrected chi connectivity index (χ3v) is 4.78. The van der Waals surface area contributed by atoms with E-state index in [4.69, 9.17) is 34.0 Å². The number of alkyl carbamates (subject to hydrolysis) is 1. The van der Waals surface area contributed by atoms with Crippen molar-refractivity contribution in [3.63, 3.8) is 0 Å². The van der Waals surface area contributed by atoms with Crippen molar-refractivity contribution in [3.05, 3.63) is 10.4 Å². The van der Waals surface area contributed by atoms with Gasteiger partial charge in [0.25, 0.3) is 0 Å². The van der Waals surface area contributed by atoms with Gasteiger partial charge in [-0.15, -0.1) is 0 Å². The van der Waals surface area contributed by atoms with E-state index < -0.39 is 67.5 Å². The van der Waals surface area contributed by atoms with Gasteiger partial charge in [0.1, 0.15) is 6.10 Å². The number of carbonyl (C=O) groups excluding carboxylic acids is 4. The highest BCUT2D eigenvalue weighted by Gasteiger charge is 2.52. The number of aliphatic hydroxyl groups excluding tert-OH is 1. The van der Waals surface area contributed by atoms with E-state index in [0.29, 0.717) is 6.42 Å². The first-order chi connectivity index (χ1) is 17.1. The molecule has 1 heterocycles. The lowest BCUT2D eigenvalue weighted by Gasteiger charge is -2.43. The Morgan fingerprint density at radius 3 is 2.19 bits per heavy atom. The largest absolute Gasteiger partial charge is 0.456 e. The fourth-order valence-corrected chi connectivity index (χ4v) is 3.34. The number of rotatable bonds is 14. The topological polar surface area (TPSA) is 205 Å². The number of unbranched alkanes of at least 4 members (excludes halogenated alkanes) is 1. The highest BCUT2D eigenvalue weighted by atomic mass is 16.7. The molecule has 1 saturated heterocycles. The highest BCUT2D eigenvalue weighted by Crippen LogP contribution is 2.29. The molecule has 1 unspecified atom stereocenters. The molecule has 0 spiro atoms. The van der Waals surface area contributed by atoms with E-state index in [1.54, 1.807) is 0 Å². The maximum Gasteiger partial charge on any atom is 0.407 e. The van der Waals surface area contributed by atoms with Crippen molar-refractivity contribution in [1.82, 2.24) is 5.32 Å². The normalized spacial score (nSPS) is 24.0. The lowest BCUT2D eigenvalue weighted by molar-refractivity contribution is -0.307. The van der Waals surface area contributed by atoms with Crippen LogP contribution < -0.4 is 5.32 Å². The smallest absolute Gasteiger partial charge is 0.407 e. The summed E-state index contributed by atoms with van der Waals surface area (Å²) < 4.78 is 32.0. The van der Waals surface area contributed by atoms with Crippen LogP contribution in [0.1, 0.15) is 53.4 Å². The van der Waals surface area contributed by atoms with Crippen molar-refractivity contribution >= 4 is 24.0 Å². The zero-order valence-corrected chi connectivity index (χ0v) is 20.8. The summed E-state index contributed by atoms with van der Waals surface area (Å²) in [5.41, 5.74) is 8.58. The molecule has 0 bridgehead atoms. The van der Waals surface area contributed by atoms with Crippen LogP contribution in [0.5, 0.6) is 0 Å². The molecule has 0 aromatic heterocycles. The third kappa shape index (κ3) is 11.1. The SMILES string of the molecule is CCCCC(N=[N+]=[N-])OC(=O)NCCCO[C@@H]1O[C@H](CO)[C@H](OC(C)=O)[C@H](OC(C)=O)[C@H]1OC(C)=O. The van der Waals surface area contributed by atoms with Gasteiger partial charge in [-0.1, -0.05) is 13.3 Å². The van der Waals surface area contributed by atoms with Crippen LogP contribution >= 0.6 is 0 Å². The van der Waals surface area contributed by atoms with Gasteiger partial charge >= 0.3 is 24.0 Å². The fraction of sp³-hybridized carbons (Fsp3) is 0.810. The summed E-state index contributed by atoms with van der Waals surface area (Å²) in [4.78, 5) is 49.5. The van der Waals surface area contributed by atoms with Crippen molar-refractivity contribution < 1.29 is 52.7 Å². The van der Waals surface area contributed by atoms with Crippen molar-refractivity contribution in [2.24, 2.45) is 5.11 Å². The van der Waals surface area contributed by atoms with Crippen LogP contribution in [0.25, 0.3) is 10.4 Å². The molecule has 1 rings (SSSR count). The molecule has 15 nitrogen and oxygen atoms in total. The van der Waals surface area contributed by atoms with E-state index in [-0.39, 0.29) is 19.6 Å². The van der Waals surface area contributed by atoms with Crippen molar-refractivity contribution in [2.75, 3.05) is 19.8 Å². The molecular formula is C21H34N4O11. The predicted molar refractivity (Wildman–Crippen MR) is 120 cm³/mol. The van der Waals surface area contributed by atoms with Crippen LogP contribution in [-0.4, -0.2) is 85.8 Å². The minimum Gasteiger partial charge on any atom is -0.456 e. The van der Waals surface area contributed by atoms with Crippen LogP contribution in [0.4, 0.5) is 4.79 Å². The molecule has 6 atom stereocenters. The van der Waals surface area contributed by atoms with E-state index in [0.717, 1.165) is 33.6 Å². The molecule has 0 radical (unpaired) electrons. The van der Waals surface area contributed by atoms with Crippen molar-refractivity contribution in [2.45, 2.75) is 90.3 Å². The Morgan fingerprint density at radius 2 is 1.64 bits per heavy atom. The summed E-state index contributed by atoms with van der Waals surface area (Å²) in [5.74, 6) is -2.21. The quantitative estimate of drug-likeness (QED) is 0.0840. The number of nitrogens with one attached hydrogen (secondary N) is 1. The number of carbonyl (C=O) groups is 4. The molecule has 0 aromatic rings. The summed E-state index contributed by atoms with van der Waals surface area (Å²) in [7, 11) is 0. The zero-order valence-electron chi connectivity index (χ0n) is 20.8. The summed E-state index contributed by atoms with van der Waals surface area (Å²) in [5, 5.41) is 15.7. The van der Waals surface area contributed by atoms with Gasteiger partial charge in [0.05, 0.1) is 13.2 Å². The van der Waals surface area contributed by atoms with E-state index >= 15 is 0 Å². The monoisotopic (exact) mass is 518 g/mol. The standard InChI is InChI=1S/C21H34N4O11/c1-5-6-8-16(24-25-22)36-21(30)23-9-7-10-31-20-19(34-14(4)29)18(33-13(3)28)17(32-12(2)27)15(11-26)35-20/h15-20,26H,5-11H2,1-4H3,(H,23,30)/t15-,16?,17+,18+,19-,20-/m1/s1. The predicted octanol–water partition coefficient (Wildman–Crippen LogP) is 1.46. The second kappa shape index (κ2) is 16.5. The summed E-state index contributed by atoms with van der Waals surface area (Å²) >= 11 is 0. The van der Waals surface area contributed by atoms with E-state index in [1.165, 1.54) is 0 Å². The average Bonchev–Trinajstić information content (AvgIpc) is 2.79. The van der Waals surface area contributed by atoms with Gasteiger partial charge in [-0.3, -0.25) is 14.4 Å². The first-order valence-electron chi connectivity index (χ1n) is 11.5. The molecule has 1 fully saturated rings. The number of azide groups is 1. The Labute approximate surface area is 208 Å². The van der Waals surface area contributed by atoms with Gasteiger partial charge in [-0.2, -0.15) is 0 Å². The number of nitrogens with zero attached hydrogens (tertiary/aromatic N) is 3. The summed E-state index contributed by atoms with van der Waals surface area (Å²) in [6.45, 7) is 4.81. The first-order valence-corrected chi connectivity index (χ1v) is 11.5. The van der Waals surface area contributed by atoms with Gasteiger partial charge < -0.3 is 38.8 Å². The van der Waals surface area contributed by atoms with E-state index in [2.05, 4.69) is 15.3 Å². The van der Waals surface area contributed by atoms with Crippen molar-refractivity contribution in [1.29, 1.82) is 0 Å². The van der Waals surface area contributed by atoms with Crippen molar-refractivity contribution in [3.8, 4) is 0 Å². The minimum atomic E-state index is -1.31. The fourth-order valence-electron chi connectivity index (χ4n) is 3.34. The van der Waals surface area contributed by atoms with E-state index in [9.17, 15) is 24.3 Å². The van der Waals surface area contributed by atoms with Gasteiger partial charge in [-0.05, 0) is 29.9 Å². The Kier molecular flexibility index (Phi) is 14.2. The van der Waals surface area contributed by atoms with Crippen LogP contribution in [0.2, 0.25) is 0 Å². The number of ether oxygens (including phenoxy) is 6. The van der Waals surface area contributed by atoms with Crippen LogP contribution in [0, 0.1) is 0 Å². The average molecular weight is 519 g/mol. The number of hydrogen-bond donors (Lipinski definition) is 2. The Hall–Kier alpha value is -3.13. The van der Waals surface area contributed by atoms with Crippen LogP contribution in [0.15, 0.2) is 5.11 Å². The zero-order chi connectivity index (χ0) is 27.1. The number of esters is 3. The molecular weight excluding hydrogens is 484 g/mol. The Balaban J connectivity index is 2.75. The van der Waals surface area contributed by atoms with E-state index in [1.807, 2.05) is 6.92 Å². The van der Waals surface area contributed by atoms with Gasteiger partial charge in [0, 0.05) is 32.2 Å². The molecule has 36 heavy (non-hydrogen) atoms. The van der Waals surface area contributed by atoms with Gasteiger partial charge in [0.15, 0.2) is 30.8 Å².